The Kier molecular flexibility index (Phi) is 4.34. The Bertz CT molecular complexity index is 426. The van der Waals surface area contributed by atoms with Crippen LogP contribution in [0.1, 0.15) is 24.8 Å². The summed E-state index contributed by atoms with van der Waals surface area (Å²) in [6, 6.07) is 3.71. The summed E-state index contributed by atoms with van der Waals surface area (Å²) in [6.07, 6.45) is 8.75. The SMILES string of the molecule is COc1ccc(CNC(=O)[C@@H]2CC=CCC2)cn1. The predicted octanol–water partition coefficient (Wildman–Crippen LogP) is 2.06. The standard InChI is InChI=1S/C14H18N2O2/c1-18-13-8-7-11(9-15-13)10-16-14(17)12-5-3-2-4-6-12/h2-3,7-9,12H,4-6,10H2,1H3,(H,16,17)/t12-/m1/s1. The van der Waals surface area contributed by atoms with Crippen LogP contribution in [0.4, 0.5) is 0 Å². The van der Waals surface area contributed by atoms with Gasteiger partial charge in [0.2, 0.25) is 11.8 Å². The first-order chi connectivity index (χ1) is 8.79. The second kappa shape index (κ2) is 6.19. The van der Waals surface area contributed by atoms with Crippen LogP contribution < -0.4 is 10.1 Å². The second-order valence-corrected chi connectivity index (χ2v) is 4.41. The molecule has 0 spiro atoms. The van der Waals surface area contributed by atoms with Crippen molar-refractivity contribution >= 4 is 5.91 Å². The van der Waals surface area contributed by atoms with Crippen LogP contribution in [0.5, 0.6) is 5.88 Å². The zero-order valence-corrected chi connectivity index (χ0v) is 10.6. The van der Waals surface area contributed by atoms with Crippen molar-refractivity contribution in [3.63, 3.8) is 0 Å². The van der Waals surface area contributed by atoms with Crippen LogP contribution in [0.15, 0.2) is 30.5 Å². The van der Waals surface area contributed by atoms with Crippen LogP contribution in [-0.2, 0) is 11.3 Å². The van der Waals surface area contributed by atoms with Crippen molar-refractivity contribution in [2.24, 2.45) is 5.92 Å². The minimum Gasteiger partial charge on any atom is -0.481 e. The first kappa shape index (κ1) is 12.6. The van der Waals surface area contributed by atoms with Crippen LogP contribution in [0.3, 0.4) is 0 Å². The van der Waals surface area contributed by atoms with Gasteiger partial charge in [-0.05, 0) is 24.8 Å². The van der Waals surface area contributed by atoms with E-state index in [0.29, 0.717) is 12.4 Å². The number of allylic oxidation sites excluding steroid dienone is 2. The van der Waals surface area contributed by atoms with Crippen LogP contribution in [0, 0.1) is 5.92 Å². The number of methoxy groups -OCH3 is 1. The number of pyridine rings is 1. The summed E-state index contributed by atoms with van der Waals surface area (Å²) >= 11 is 0. The zero-order chi connectivity index (χ0) is 12.8. The Morgan fingerprint density at radius 3 is 3.00 bits per heavy atom. The number of carbonyl (C=O) groups is 1. The lowest BCUT2D eigenvalue weighted by Gasteiger charge is -2.17. The summed E-state index contributed by atoms with van der Waals surface area (Å²) in [7, 11) is 1.58. The zero-order valence-electron chi connectivity index (χ0n) is 10.6. The number of nitrogens with zero attached hydrogens (tertiary/aromatic N) is 1. The fraction of sp³-hybridized carbons (Fsp3) is 0.429. The maximum absolute atomic E-state index is 11.9. The van der Waals surface area contributed by atoms with E-state index in [2.05, 4.69) is 22.5 Å². The van der Waals surface area contributed by atoms with Crippen molar-refractivity contribution in [2.75, 3.05) is 7.11 Å². The van der Waals surface area contributed by atoms with Gasteiger partial charge >= 0.3 is 0 Å². The van der Waals surface area contributed by atoms with Crippen molar-refractivity contribution in [3.05, 3.63) is 36.0 Å². The smallest absolute Gasteiger partial charge is 0.223 e. The number of hydrogen-bond acceptors (Lipinski definition) is 3. The Morgan fingerprint density at radius 2 is 2.39 bits per heavy atom. The number of nitrogens with one attached hydrogen (secondary N) is 1. The average molecular weight is 246 g/mol. The molecule has 1 heterocycles. The molecular weight excluding hydrogens is 228 g/mol. The molecule has 18 heavy (non-hydrogen) atoms. The van der Waals surface area contributed by atoms with Gasteiger partial charge in [-0.2, -0.15) is 0 Å². The van der Waals surface area contributed by atoms with Crippen molar-refractivity contribution in [3.8, 4) is 5.88 Å². The highest BCUT2D eigenvalue weighted by atomic mass is 16.5. The highest BCUT2D eigenvalue weighted by molar-refractivity contribution is 5.78. The number of amides is 1. The number of ether oxygens (including phenoxy) is 1. The quantitative estimate of drug-likeness (QED) is 0.827. The molecule has 1 aromatic heterocycles. The van der Waals surface area contributed by atoms with Gasteiger partial charge < -0.3 is 10.1 Å². The van der Waals surface area contributed by atoms with Crippen molar-refractivity contribution in [1.29, 1.82) is 0 Å². The van der Waals surface area contributed by atoms with Crippen molar-refractivity contribution in [1.82, 2.24) is 10.3 Å². The molecule has 0 saturated heterocycles. The third kappa shape index (κ3) is 3.32. The number of hydrogen-bond donors (Lipinski definition) is 1. The molecule has 0 radical (unpaired) electrons. The van der Waals surface area contributed by atoms with Gasteiger partial charge in [-0.25, -0.2) is 4.98 Å². The van der Waals surface area contributed by atoms with Crippen molar-refractivity contribution in [2.45, 2.75) is 25.8 Å². The monoisotopic (exact) mass is 246 g/mol. The number of rotatable bonds is 4. The third-order valence-electron chi connectivity index (χ3n) is 3.11. The molecule has 1 N–H and O–H groups in total. The molecule has 0 unspecified atom stereocenters. The summed E-state index contributed by atoms with van der Waals surface area (Å²) in [5.74, 6) is 0.846. The van der Waals surface area contributed by atoms with Crippen LogP contribution >= 0.6 is 0 Å². The molecule has 96 valence electrons. The predicted molar refractivity (Wildman–Crippen MR) is 69.1 cm³/mol. The van der Waals surface area contributed by atoms with Gasteiger partial charge in [0.25, 0.3) is 0 Å². The summed E-state index contributed by atoms with van der Waals surface area (Å²) in [5, 5.41) is 2.95. The largest absolute Gasteiger partial charge is 0.481 e. The topological polar surface area (TPSA) is 51.2 Å². The van der Waals surface area contributed by atoms with Crippen molar-refractivity contribution < 1.29 is 9.53 Å². The lowest BCUT2D eigenvalue weighted by atomic mass is 9.93. The Balaban J connectivity index is 1.82. The minimum atomic E-state index is 0.126. The van der Waals surface area contributed by atoms with Gasteiger partial charge in [0.1, 0.15) is 0 Å². The molecule has 2 rings (SSSR count). The fourth-order valence-electron chi connectivity index (χ4n) is 2.00. The van der Waals surface area contributed by atoms with Gasteiger partial charge in [-0.3, -0.25) is 4.79 Å². The normalized spacial score (nSPS) is 18.4. The van der Waals surface area contributed by atoms with E-state index < -0.39 is 0 Å². The Labute approximate surface area is 107 Å². The lowest BCUT2D eigenvalue weighted by Crippen LogP contribution is -2.30. The molecule has 0 saturated carbocycles. The molecule has 1 aromatic rings. The van der Waals surface area contributed by atoms with Crippen LogP contribution in [0.25, 0.3) is 0 Å². The molecule has 0 aromatic carbocycles. The van der Waals surface area contributed by atoms with Gasteiger partial charge in [-0.15, -0.1) is 0 Å². The van der Waals surface area contributed by atoms with E-state index in [0.717, 1.165) is 24.8 Å². The second-order valence-electron chi connectivity index (χ2n) is 4.41. The molecule has 1 amide bonds. The molecule has 0 bridgehead atoms. The Hall–Kier alpha value is -1.84. The maximum Gasteiger partial charge on any atom is 0.223 e. The molecule has 1 aliphatic carbocycles. The van der Waals surface area contributed by atoms with Crippen LogP contribution in [-0.4, -0.2) is 18.0 Å². The average Bonchev–Trinajstić information content (AvgIpc) is 2.46. The van der Waals surface area contributed by atoms with E-state index >= 15 is 0 Å². The highest BCUT2D eigenvalue weighted by Gasteiger charge is 2.17. The fourth-order valence-corrected chi connectivity index (χ4v) is 2.00. The molecule has 1 aliphatic rings. The molecule has 1 atom stereocenters. The summed E-state index contributed by atoms with van der Waals surface area (Å²) < 4.78 is 4.98. The summed E-state index contributed by atoms with van der Waals surface area (Å²) in [6.45, 7) is 0.524. The van der Waals surface area contributed by atoms with Gasteiger partial charge in [0, 0.05) is 24.7 Å². The van der Waals surface area contributed by atoms with Gasteiger partial charge in [-0.1, -0.05) is 18.2 Å². The molecule has 4 heteroatoms. The van der Waals surface area contributed by atoms with E-state index in [-0.39, 0.29) is 11.8 Å². The minimum absolute atomic E-state index is 0.126. The molecular formula is C14H18N2O2. The highest BCUT2D eigenvalue weighted by Crippen LogP contribution is 2.18. The lowest BCUT2D eigenvalue weighted by molar-refractivity contribution is -0.125. The first-order valence-corrected chi connectivity index (χ1v) is 6.21. The van der Waals surface area contributed by atoms with E-state index in [4.69, 9.17) is 4.74 Å². The molecule has 4 nitrogen and oxygen atoms in total. The van der Waals surface area contributed by atoms with Gasteiger partial charge in [0.15, 0.2) is 0 Å². The summed E-state index contributed by atoms with van der Waals surface area (Å²) in [4.78, 5) is 16.0. The van der Waals surface area contributed by atoms with E-state index in [1.54, 1.807) is 19.4 Å². The summed E-state index contributed by atoms with van der Waals surface area (Å²) in [5.41, 5.74) is 0.982. The van der Waals surface area contributed by atoms with Gasteiger partial charge in [0.05, 0.1) is 7.11 Å². The van der Waals surface area contributed by atoms with Crippen LogP contribution in [0.2, 0.25) is 0 Å². The molecule has 0 aliphatic heterocycles. The van der Waals surface area contributed by atoms with E-state index in [1.165, 1.54) is 0 Å². The number of carbonyl (C=O) groups excluding carboxylic acids is 1. The first-order valence-electron chi connectivity index (χ1n) is 6.21. The Morgan fingerprint density at radius 1 is 1.50 bits per heavy atom. The third-order valence-corrected chi connectivity index (χ3v) is 3.11. The van der Waals surface area contributed by atoms with E-state index in [9.17, 15) is 4.79 Å². The molecule has 0 fully saturated rings. The maximum atomic E-state index is 11.9. The number of aromatic nitrogens is 1. The van der Waals surface area contributed by atoms with E-state index in [1.807, 2.05) is 6.07 Å².